The van der Waals surface area contributed by atoms with Crippen molar-refractivity contribution in [2.45, 2.75) is 57.4 Å². The van der Waals surface area contributed by atoms with E-state index in [0.717, 1.165) is 19.1 Å². The van der Waals surface area contributed by atoms with Gasteiger partial charge >= 0.3 is 0 Å². The van der Waals surface area contributed by atoms with Crippen LogP contribution in [0.3, 0.4) is 0 Å². The Kier molecular flexibility index (Phi) is 3.68. The van der Waals surface area contributed by atoms with E-state index in [9.17, 15) is 0 Å². The summed E-state index contributed by atoms with van der Waals surface area (Å²) in [5.41, 5.74) is 6.80. The van der Waals surface area contributed by atoms with Gasteiger partial charge in [0.25, 0.3) is 0 Å². The zero-order valence-corrected chi connectivity index (χ0v) is 10.0. The predicted octanol–water partition coefficient (Wildman–Crippen LogP) is 2.71. The number of ether oxygens (including phenoxy) is 1. The number of rotatable bonds is 2. The molecule has 2 N–H and O–H groups in total. The lowest BCUT2D eigenvalue weighted by molar-refractivity contribution is -0.0102. The number of hydrogen-bond acceptors (Lipinski definition) is 2. The Bertz CT molecular complexity index is 201. The highest BCUT2D eigenvalue weighted by Crippen LogP contribution is 2.41. The molecular weight excluding hydrogens is 186 g/mol. The van der Waals surface area contributed by atoms with Crippen molar-refractivity contribution in [3.05, 3.63) is 0 Å². The van der Waals surface area contributed by atoms with Gasteiger partial charge in [-0.25, -0.2) is 0 Å². The quantitative estimate of drug-likeness (QED) is 0.762. The van der Waals surface area contributed by atoms with Gasteiger partial charge in [-0.2, -0.15) is 0 Å². The minimum absolute atomic E-state index is 0.0907. The summed E-state index contributed by atoms with van der Waals surface area (Å²) < 4.78 is 5.61. The van der Waals surface area contributed by atoms with Gasteiger partial charge in [0.1, 0.15) is 0 Å². The summed E-state index contributed by atoms with van der Waals surface area (Å²) in [5, 5.41) is 0. The predicted molar refractivity (Wildman–Crippen MR) is 62.7 cm³/mol. The van der Waals surface area contributed by atoms with Crippen molar-refractivity contribution < 1.29 is 4.74 Å². The topological polar surface area (TPSA) is 35.2 Å². The Hall–Kier alpha value is -0.0800. The van der Waals surface area contributed by atoms with Crippen LogP contribution in [0.5, 0.6) is 0 Å². The first-order valence-electron chi connectivity index (χ1n) is 6.64. The fraction of sp³-hybridized carbons (Fsp3) is 1.00. The summed E-state index contributed by atoms with van der Waals surface area (Å²) in [5.74, 6) is 1.36. The highest BCUT2D eigenvalue weighted by Gasteiger charge is 2.42. The molecule has 2 rings (SSSR count). The monoisotopic (exact) mass is 211 g/mol. The van der Waals surface area contributed by atoms with Crippen molar-refractivity contribution in [2.24, 2.45) is 17.6 Å². The molecule has 3 unspecified atom stereocenters. The molecule has 0 spiro atoms. The molecule has 15 heavy (non-hydrogen) atoms. The van der Waals surface area contributed by atoms with Gasteiger partial charge in [0.15, 0.2) is 0 Å². The van der Waals surface area contributed by atoms with E-state index in [1.165, 1.54) is 44.9 Å². The first-order valence-corrected chi connectivity index (χ1v) is 6.64. The summed E-state index contributed by atoms with van der Waals surface area (Å²) in [4.78, 5) is 0. The van der Waals surface area contributed by atoms with E-state index in [-0.39, 0.29) is 5.54 Å². The van der Waals surface area contributed by atoms with Crippen molar-refractivity contribution in [1.29, 1.82) is 0 Å². The van der Waals surface area contributed by atoms with Gasteiger partial charge in [0.05, 0.1) is 6.61 Å². The molecule has 88 valence electrons. The number of nitrogens with two attached hydrogens (primary N) is 1. The maximum absolute atomic E-state index is 6.71. The fourth-order valence-electron chi connectivity index (χ4n) is 3.58. The van der Waals surface area contributed by atoms with Crippen molar-refractivity contribution >= 4 is 0 Å². The lowest BCUT2D eigenvalue weighted by Gasteiger charge is -2.47. The van der Waals surface area contributed by atoms with Gasteiger partial charge < -0.3 is 10.5 Å². The molecule has 0 aromatic carbocycles. The highest BCUT2D eigenvalue weighted by molar-refractivity contribution is 4.99. The van der Waals surface area contributed by atoms with Crippen LogP contribution in [-0.2, 0) is 4.74 Å². The molecule has 1 saturated carbocycles. The minimum Gasteiger partial charge on any atom is -0.381 e. The molecule has 1 heterocycles. The lowest BCUT2D eigenvalue weighted by Crippen LogP contribution is -2.56. The standard InChI is InChI=1S/C13H25NO/c1-2-11-6-3-4-8-13(11,14)12-7-5-9-15-10-12/h11-12H,2-10,14H2,1H3. The number of hydrogen-bond donors (Lipinski definition) is 1. The van der Waals surface area contributed by atoms with E-state index in [0.29, 0.717) is 5.92 Å². The van der Waals surface area contributed by atoms with Gasteiger partial charge in [0.2, 0.25) is 0 Å². The molecule has 2 aliphatic rings. The molecule has 3 atom stereocenters. The summed E-state index contributed by atoms with van der Waals surface area (Å²) in [6, 6.07) is 0. The second-order valence-corrected chi connectivity index (χ2v) is 5.38. The summed E-state index contributed by atoms with van der Waals surface area (Å²) in [7, 11) is 0. The van der Waals surface area contributed by atoms with Gasteiger partial charge in [-0.15, -0.1) is 0 Å². The maximum Gasteiger partial charge on any atom is 0.0511 e. The molecule has 0 aromatic heterocycles. The third kappa shape index (κ3) is 2.21. The van der Waals surface area contributed by atoms with Crippen molar-refractivity contribution in [3.8, 4) is 0 Å². The Labute approximate surface area is 93.6 Å². The maximum atomic E-state index is 6.71. The van der Waals surface area contributed by atoms with Crippen LogP contribution in [0.25, 0.3) is 0 Å². The molecule has 1 aliphatic carbocycles. The van der Waals surface area contributed by atoms with Gasteiger partial charge in [-0.1, -0.05) is 26.2 Å². The average molecular weight is 211 g/mol. The van der Waals surface area contributed by atoms with Crippen LogP contribution in [0.4, 0.5) is 0 Å². The van der Waals surface area contributed by atoms with Gasteiger partial charge in [0, 0.05) is 18.1 Å². The zero-order chi connectivity index (χ0) is 10.7. The zero-order valence-electron chi connectivity index (χ0n) is 10.0. The smallest absolute Gasteiger partial charge is 0.0511 e. The molecule has 2 nitrogen and oxygen atoms in total. The van der Waals surface area contributed by atoms with Crippen LogP contribution < -0.4 is 5.73 Å². The molecule has 0 aromatic rings. The summed E-state index contributed by atoms with van der Waals surface area (Å²) in [6.07, 6.45) is 9.00. The Morgan fingerprint density at radius 1 is 1.27 bits per heavy atom. The molecular formula is C13H25NO. The second kappa shape index (κ2) is 4.84. The molecule has 1 aliphatic heterocycles. The summed E-state index contributed by atoms with van der Waals surface area (Å²) >= 11 is 0. The molecule has 2 heteroatoms. The molecule has 2 fully saturated rings. The van der Waals surface area contributed by atoms with E-state index in [2.05, 4.69) is 6.92 Å². The van der Waals surface area contributed by atoms with E-state index in [1.807, 2.05) is 0 Å². The third-order valence-electron chi connectivity index (χ3n) is 4.59. The third-order valence-corrected chi connectivity index (χ3v) is 4.59. The van der Waals surface area contributed by atoms with E-state index < -0.39 is 0 Å². The van der Waals surface area contributed by atoms with Gasteiger partial charge in [-0.05, 0) is 31.6 Å². The highest BCUT2D eigenvalue weighted by atomic mass is 16.5. The minimum atomic E-state index is 0.0907. The van der Waals surface area contributed by atoms with Crippen LogP contribution in [0.1, 0.15) is 51.9 Å². The average Bonchev–Trinajstić information content (AvgIpc) is 2.31. The van der Waals surface area contributed by atoms with Crippen LogP contribution in [0, 0.1) is 11.8 Å². The summed E-state index contributed by atoms with van der Waals surface area (Å²) in [6.45, 7) is 4.15. The largest absolute Gasteiger partial charge is 0.381 e. The van der Waals surface area contributed by atoms with Crippen molar-refractivity contribution in [3.63, 3.8) is 0 Å². The second-order valence-electron chi connectivity index (χ2n) is 5.38. The van der Waals surface area contributed by atoms with E-state index in [4.69, 9.17) is 10.5 Å². The van der Waals surface area contributed by atoms with Gasteiger partial charge in [-0.3, -0.25) is 0 Å². The van der Waals surface area contributed by atoms with Crippen molar-refractivity contribution in [1.82, 2.24) is 0 Å². The molecule has 1 saturated heterocycles. The SMILES string of the molecule is CCC1CCCCC1(N)C1CCCOC1. The van der Waals surface area contributed by atoms with Crippen LogP contribution >= 0.6 is 0 Å². The van der Waals surface area contributed by atoms with Crippen LogP contribution in [-0.4, -0.2) is 18.8 Å². The molecule has 0 amide bonds. The Morgan fingerprint density at radius 2 is 2.13 bits per heavy atom. The Morgan fingerprint density at radius 3 is 2.80 bits per heavy atom. The first kappa shape index (κ1) is 11.4. The lowest BCUT2D eigenvalue weighted by atomic mass is 9.64. The van der Waals surface area contributed by atoms with Crippen molar-refractivity contribution in [2.75, 3.05) is 13.2 Å². The fourth-order valence-corrected chi connectivity index (χ4v) is 3.58. The molecule has 0 radical (unpaired) electrons. The van der Waals surface area contributed by atoms with E-state index >= 15 is 0 Å². The van der Waals surface area contributed by atoms with E-state index in [1.54, 1.807) is 0 Å². The molecule has 0 bridgehead atoms. The normalized spacial score (nSPS) is 42.8. The first-order chi connectivity index (χ1) is 7.27. The Balaban J connectivity index is 2.06. The van der Waals surface area contributed by atoms with Crippen LogP contribution in [0.2, 0.25) is 0 Å². The van der Waals surface area contributed by atoms with Crippen LogP contribution in [0.15, 0.2) is 0 Å².